The Balaban J connectivity index is 1.57. The first-order chi connectivity index (χ1) is 12.7. The maximum absolute atomic E-state index is 6.30. The monoisotopic (exact) mass is 355 g/mol. The molecule has 0 aliphatic carbocycles. The fraction of sp³-hybridized carbons (Fsp3) is 0.429. The first kappa shape index (κ1) is 17.2. The van der Waals surface area contributed by atoms with Crippen molar-refractivity contribution in [2.45, 2.75) is 25.2 Å². The van der Waals surface area contributed by atoms with Crippen LogP contribution in [0.4, 0.5) is 0 Å². The number of hydrogen-bond donors (Lipinski definition) is 0. The summed E-state index contributed by atoms with van der Waals surface area (Å²) in [5.41, 5.74) is 3.66. The van der Waals surface area contributed by atoms with Crippen LogP contribution in [0.3, 0.4) is 0 Å². The zero-order chi connectivity index (χ0) is 18.1. The van der Waals surface area contributed by atoms with Crippen LogP contribution >= 0.6 is 0 Å². The average Bonchev–Trinajstić information content (AvgIpc) is 2.67. The van der Waals surface area contributed by atoms with E-state index < -0.39 is 0 Å². The number of hydrogen-bond acceptors (Lipinski definition) is 5. The molecule has 2 atom stereocenters. The largest absolute Gasteiger partial charge is 0.497 e. The maximum Gasteiger partial charge on any atom is 0.125 e. The van der Waals surface area contributed by atoms with Crippen LogP contribution in [0.25, 0.3) is 0 Å². The highest BCUT2D eigenvalue weighted by molar-refractivity contribution is 5.51. The van der Waals surface area contributed by atoms with Crippen LogP contribution in [0.15, 0.2) is 36.4 Å². The molecule has 2 aliphatic heterocycles. The Kier molecular flexibility index (Phi) is 4.74. The van der Waals surface area contributed by atoms with E-state index in [0.717, 1.165) is 48.9 Å². The topological polar surface area (TPSA) is 40.2 Å². The highest BCUT2D eigenvalue weighted by Gasteiger charge is 2.38. The zero-order valence-corrected chi connectivity index (χ0v) is 15.5. The maximum atomic E-state index is 6.30. The van der Waals surface area contributed by atoms with Crippen LogP contribution in [-0.2, 0) is 17.7 Å². The number of morpholine rings is 1. The SMILES string of the molecule is COc1ccc(CN2C[C@H]3Cc4c(OC)ccc(OC)c4[C@@H](C2)O3)cc1. The Bertz CT molecular complexity index is 774. The van der Waals surface area contributed by atoms with Crippen molar-refractivity contribution in [1.82, 2.24) is 4.90 Å². The van der Waals surface area contributed by atoms with E-state index >= 15 is 0 Å². The molecular weight excluding hydrogens is 330 g/mol. The lowest BCUT2D eigenvalue weighted by atomic mass is 9.89. The third-order valence-electron chi connectivity index (χ3n) is 5.28. The Morgan fingerprint density at radius 2 is 1.65 bits per heavy atom. The second-order valence-electron chi connectivity index (χ2n) is 6.86. The molecule has 138 valence electrons. The lowest BCUT2D eigenvalue weighted by molar-refractivity contribution is -0.0997. The van der Waals surface area contributed by atoms with Crippen LogP contribution in [0, 0.1) is 0 Å². The minimum absolute atomic E-state index is 0.0146. The van der Waals surface area contributed by atoms with E-state index in [9.17, 15) is 0 Å². The third kappa shape index (κ3) is 3.13. The fourth-order valence-electron chi connectivity index (χ4n) is 4.09. The predicted octanol–water partition coefficient (Wildman–Crippen LogP) is 3.21. The summed E-state index contributed by atoms with van der Waals surface area (Å²) in [5, 5.41) is 0. The first-order valence-corrected chi connectivity index (χ1v) is 8.96. The predicted molar refractivity (Wildman–Crippen MR) is 99.1 cm³/mol. The van der Waals surface area contributed by atoms with Crippen molar-refractivity contribution < 1.29 is 18.9 Å². The van der Waals surface area contributed by atoms with Gasteiger partial charge >= 0.3 is 0 Å². The van der Waals surface area contributed by atoms with Gasteiger partial charge in [0.05, 0.1) is 33.5 Å². The molecule has 2 aromatic rings. The summed E-state index contributed by atoms with van der Waals surface area (Å²) in [7, 11) is 5.13. The molecule has 2 aliphatic rings. The van der Waals surface area contributed by atoms with Crippen molar-refractivity contribution in [2.75, 3.05) is 34.4 Å². The van der Waals surface area contributed by atoms with E-state index in [1.165, 1.54) is 11.1 Å². The van der Waals surface area contributed by atoms with Crippen molar-refractivity contribution in [3.63, 3.8) is 0 Å². The van der Waals surface area contributed by atoms with E-state index in [2.05, 4.69) is 17.0 Å². The van der Waals surface area contributed by atoms with Crippen molar-refractivity contribution in [1.29, 1.82) is 0 Å². The van der Waals surface area contributed by atoms with Crippen LogP contribution in [0.5, 0.6) is 17.2 Å². The average molecular weight is 355 g/mol. The summed E-state index contributed by atoms with van der Waals surface area (Å²) in [6, 6.07) is 12.3. The van der Waals surface area contributed by atoms with E-state index in [4.69, 9.17) is 18.9 Å². The van der Waals surface area contributed by atoms with Crippen LogP contribution in [0.2, 0.25) is 0 Å². The summed E-state index contributed by atoms with van der Waals surface area (Å²) < 4.78 is 22.7. The fourth-order valence-corrected chi connectivity index (χ4v) is 4.09. The van der Waals surface area contributed by atoms with Gasteiger partial charge in [0.1, 0.15) is 17.2 Å². The summed E-state index contributed by atoms with van der Waals surface area (Å²) in [4.78, 5) is 2.46. The lowest BCUT2D eigenvalue weighted by Crippen LogP contribution is -2.47. The van der Waals surface area contributed by atoms with Gasteiger partial charge in [-0.2, -0.15) is 0 Å². The van der Waals surface area contributed by atoms with Crippen molar-refractivity contribution in [2.24, 2.45) is 0 Å². The van der Waals surface area contributed by atoms with E-state index in [0.29, 0.717) is 0 Å². The van der Waals surface area contributed by atoms with Crippen molar-refractivity contribution in [3.05, 3.63) is 53.1 Å². The Hall–Kier alpha value is -2.24. The number of benzene rings is 2. The normalized spacial score (nSPS) is 21.8. The van der Waals surface area contributed by atoms with Gasteiger partial charge in [0.15, 0.2) is 0 Å². The second-order valence-corrected chi connectivity index (χ2v) is 6.86. The number of fused-ring (bicyclic) bond motifs is 4. The number of nitrogens with zero attached hydrogens (tertiary/aromatic N) is 1. The Morgan fingerprint density at radius 1 is 0.923 bits per heavy atom. The minimum atomic E-state index is 0.0146. The van der Waals surface area contributed by atoms with Gasteiger partial charge in [-0.1, -0.05) is 12.1 Å². The third-order valence-corrected chi connectivity index (χ3v) is 5.28. The molecule has 4 rings (SSSR count). The smallest absolute Gasteiger partial charge is 0.125 e. The highest BCUT2D eigenvalue weighted by atomic mass is 16.5. The van der Waals surface area contributed by atoms with Gasteiger partial charge in [0.25, 0.3) is 0 Å². The number of methoxy groups -OCH3 is 3. The molecule has 0 spiro atoms. The molecule has 0 amide bonds. The molecule has 0 unspecified atom stereocenters. The summed E-state index contributed by atoms with van der Waals surface area (Å²) >= 11 is 0. The molecule has 2 aromatic carbocycles. The second kappa shape index (κ2) is 7.17. The van der Waals surface area contributed by atoms with Gasteiger partial charge < -0.3 is 18.9 Å². The Morgan fingerprint density at radius 3 is 2.35 bits per heavy atom. The molecule has 5 heteroatoms. The van der Waals surface area contributed by atoms with Crippen molar-refractivity contribution >= 4 is 0 Å². The highest BCUT2D eigenvalue weighted by Crippen LogP contribution is 2.43. The molecule has 0 radical (unpaired) electrons. The Labute approximate surface area is 154 Å². The van der Waals surface area contributed by atoms with Gasteiger partial charge in [-0.25, -0.2) is 0 Å². The van der Waals surface area contributed by atoms with E-state index in [-0.39, 0.29) is 12.2 Å². The quantitative estimate of drug-likeness (QED) is 0.824. The van der Waals surface area contributed by atoms with Crippen LogP contribution in [0.1, 0.15) is 22.8 Å². The molecule has 0 aromatic heterocycles. The molecule has 1 fully saturated rings. The van der Waals surface area contributed by atoms with Gasteiger partial charge in [0, 0.05) is 37.2 Å². The van der Waals surface area contributed by atoms with Gasteiger partial charge in [-0.3, -0.25) is 4.90 Å². The standard InChI is InChI=1S/C21H25NO4/c1-23-15-6-4-14(5-7-15)11-22-12-16-10-17-18(24-2)8-9-19(25-3)21(17)20(13-22)26-16/h4-9,16,20H,10-13H2,1-3H3/t16-,20-/m1/s1. The molecule has 2 bridgehead atoms. The van der Waals surface area contributed by atoms with E-state index in [1.54, 1.807) is 21.3 Å². The molecule has 1 saturated heterocycles. The van der Waals surface area contributed by atoms with Crippen molar-refractivity contribution in [3.8, 4) is 17.2 Å². The van der Waals surface area contributed by atoms with E-state index in [1.807, 2.05) is 24.3 Å². The molecule has 0 saturated carbocycles. The van der Waals surface area contributed by atoms with Gasteiger partial charge in [-0.05, 0) is 29.8 Å². The van der Waals surface area contributed by atoms with Gasteiger partial charge in [-0.15, -0.1) is 0 Å². The summed E-state index contributed by atoms with van der Waals surface area (Å²) in [5.74, 6) is 2.71. The summed E-state index contributed by atoms with van der Waals surface area (Å²) in [6.45, 7) is 2.67. The number of ether oxygens (including phenoxy) is 4. The zero-order valence-electron chi connectivity index (χ0n) is 15.5. The minimum Gasteiger partial charge on any atom is -0.497 e. The van der Waals surface area contributed by atoms with Crippen LogP contribution < -0.4 is 14.2 Å². The number of rotatable bonds is 5. The molecule has 0 N–H and O–H groups in total. The lowest BCUT2D eigenvalue weighted by Gasteiger charge is -2.43. The molecular formula is C21H25NO4. The summed E-state index contributed by atoms with van der Waals surface area (Å²) in [6.07, 6.45) is 1.05. The molecule has 26 heavy (non-hydrogen) atoms. The molecule has 5 nitrogen and oxygen atoms in total. The first-order valence-electron chi connectivity index (χ1n) is 8.96. The van der Waals surface area contributed by atoms with Gasteiger partial charge in [0.2, 0.25) is 0 Å². The molecule has 2 heterocycles. The van der Waals surface area contributed by atoms with Crippen LogP contribution in [-0.4, -0.2) is 45.4 Å².